The first-order valence-electron chi connectivity index (χ1n) is 7.91. The van der Waals surface area contributed by atoms with Gasteiger partial charge in [0, 0.05) is 31.3 Å². The van der Waals surface area contributed by atoms with Crippen molar-refractivity contribution < 1.29 is 9.32 Å². The van der Waals surface area contributed by atoms with Crippen molar-refractivity contribution in [1.82, 2.24) is 19.8 Å². The molecule has 0 aromatic carbocycles. The Morgan fingerprint density at radius 2 is 2.32 bits per heavy atom. The van der Waals surface area contributed by atoms with Crippen LogP contribution in [0, 0.1) is 0 Å². The maximum absolute atomic E-state index is 12.8. The van der Waals surface area contributed by atoms with Crippen LogP contribution in [0.5, 0.6) is 0 Å². The summed E-state index contributed by atoms with van der Waals surface area (Å²) in [5, 5.41) is 8.37. The van der Waals surface area contributed by atoms with Crippen LogP contribution in [0.15, 0.2) is 22.9 Å². The van der Waals surface area contributed by atoms with Gasteiger partial charge in [-0.25, -0.2) is 0 Å². The molecule has 6 heteroatoms. The largest absolute Gasteiger partial charge is 0.361 e. The number of aryl methyl sites for hydroxylation is 1. The maximum Gasteiger partial charge on any atom is 0.272 e. The molecule has 22 heavy (non-hydrogen) atoms. The van der Waals surface area contributed by atoms with Gasteiger partial charge in [-0.2, -0.15) is 5.10 Å². The number of hydrogen-bond acceptors (Lipinski definition) is 4. The quantitative estimate of drug-likeness (QED) is 0.871. The van der Waals surface area contributed by atoms with Gasteiger partial charge in [0.05, 0.1) is 6.04 Å². The smallest absolute Gasteiger partial charge is 0.272 e. The lowest BCUT2D eigenvalue weighted by atomic mass is 10.1. The van der Waals surface area contributed by atoms with Gasteiger partial charge in [0.2, 0.25) is 0 Å². The van der Waals surface area contributed by atoms with Gasteiger partial charge in [-0.3, -0.25) is 9.48 Å². The molecule has 0 spiro atoms. The maximum atomic E-state index is 12.8. The van der Waals surface area contributed by atoms with Gasteiger partial charge in [0.15, 0.2) is 0 Å². The molecular formula is C16H22N4O2. The minimum absolute atomic E-state index is 0.00366. The summed E-state index contributed by atoms with van der Waals surface area (Å²) in [5.74, 6) is 1.19. The Labute approximate surface area is 130 Å². The number of hydrogen-bond donors (Lipinski definition) is 0. The fraction of sp³-hybridized carbons (Fsp3) is 0.562. The van der Waals surface area contributed by atoms with Crippen LogP contribution in [0.2, 0.25) is 0 Å². The molecular weight excluding hydrogens is 280 g/mol. The van der Waals surface area contributed by atoms with Crippen molar-refractivity contribution in [3.05, 3.63) is 35.5 Å². The zero-order chi connectivity index (χ0) is 15.7. The van der Waals surface area contributed by atoms with E-state index in [-0.39, 0.29) is 11.9 Å². The van der Waals surface area contributed by atoms with Gasteiger partial charge in [-0.05, 0) is 25.8 Å². The lowest BCUT2D eigenvalue weighted by molar-refractivity contribution is 0.0718. The third kappa shape index (κ3) is 2.53. The molecule has 0 aliphatic carbocycles. The monoisotopic (exact) mass is 302 g/mol. The van der Waals surface area contributed by atoms with Crippen LogP contribution < -0.4 is 0 Å². The van der Waals surface area contributed by atoms with Crippen LogP contribution >= 0.6 is 0 Å². The molecule has 6 nitrogen and oxygen atoms in total. The number of carbonyl (C=O) groups excluding carboxylic acids is 1. The molecule has 2 aromatic rings. The average molecular weight is 302 g/mol. The third-order valence-electron chi connectivity index (χ3n) is 4.21. The van der Waals surface area contributed by atoms with Crippen molar-refractivity contribution >= 4 is 5.91 Å². The Kier molecular flexibility index (Phi) is 4.00. The normalized spacial score (nSPS) is 18.4. The highest BCUT2D eigenvalue weighted by Crippen LogP contribution is 2.33. The summed E-state index contributed by atoms with van der Waals surface area (Å²) in [4.78, 5) is 14.7. The van der Waals surface area contributed by atoms with Gasteiger partial charge < -0.3 is 9.42 Å². The minimum Gasteiger partial charge on any atom is -0.361 e. The second kappa shape index (κ2) is 5.94. The van der Waals surface area contributed by atoms with Gasteiger partial charge in [-0.15, -0.1) is 0 Å². The van der Waals surface area contributed by atoms with Crippen molar-refractivity contribution in [3.8, 4) is 0 Å². The zero-order valence-electron chi connectivity index (χ0n) is 13.3. The molecule has 1 amide bonds. The Morgan fingerprint density at radius 3 is 3.00 bits per heavy atom. The highest BCUT2D eigenvalue weighted by molar-refractivity contribution is 5.93. The van der Waals surface area contributed by atoms with Crippen LogP contribution in [-0.4, -0.2) is 32.3 Å². The van der Waals surface area contributed by atoms with Gasteiger partial charge in [-0.1, -0.05) is 19.0 Å². The van der Waals surface area contributed by atoms with Crippen molar-refractivity contribution in [1.29, 1.82) is 0 Å². The Bertz CT molecular complexity index is 659. The van der Waals surface area contributed by atoms with Gasteiger partial charge in [0.1, 0.15) is 17.1 Å². The summed E-state index contributed by atoms with van der Waals surface area (Å²) >= 11 is 0. The molecule has 2 aromatic heterocycles. The molecule has 0 radical (unpaired) electrons. The van der Waals surface area contributed by atoms with E-state index in [1.165, 1.54) is 0 Å². The van der Waals surface area contributed by atoms with E-state index in [9.17, 15) is 4.79 Å². The number of amides is 1. The number of likely N-dealkylation sites (tertiary alicyclic amines) is 1. The standard InChI is InChI=1S/C16H22N4O2/c1-4-20-14(7-8-17-20)16(21)19-9-5-6-13(19)12-10-15(11(2)3)22-18-12/h7-8,10-11,13H,4-6,9H2,1-3H3/t13-/m0/s1. The van der Waals surface area contributed by atoms with E-state index in [1.54, 1.807) is 16.9 Å². The van der Waals surface area contributed by atoms with Crippen LogP contribution in [-0.2, 0) is 6.54 Å². The summed E-state index contributed by atoms with van der Waals surface area (Å²) in [5.41, 5.74) is 1.50. The minimum atomic E-state index is 0.00366. The zero-order valence-corrected chi connectivity index (χ0v) is 13.3. The Morgan fingerprint density at radius 1 is 1.50 bits per heavy atom. The number of nitrogens with zero attached hydrogens (tertiary/aromatic N) is 4. The van der Waals surface area contributed by atoms with E-state index in [4.69, 9.17) is 4.52 Å². The van der Waals surface area contributed by atoms with Crippen LogP contribution in [0.25, 0.3) is 0 Å². The van der Waals surface area contributed by atoms with Crippen molar-refractivity contribution in [2.24, 2.45) is 0 Å². The molecule has 3 rings (SSSR count). The predicted molar refractivity (Wildman–Crippen MR) is 81.5 cm³/mol. The third-order valence-corrected chi connectivity index (χ3v) is 4.21. The second-order valence-electron chi connectivity index (χ2n) is 6.00. The molecule has 1 saturated heterocycles. The summed E-state index contributed by atoms with van der Waals surface area (Å²) in [6, 6.07) is 3.77. The van der Waals surface area contributed by atoms with Crippen LogP contribution in [0.4, 0.5) is 0 Å². The van der Waals surface area contributed by atoms with E-state index in [2.05, 4.69) is 24.1 Å². The lowest BCUT2D eigenvalue weighted by Crippen LogP contribution is -2.32. The predicted octanol–water partition coefficient (Wildman–Crippen LogP) is 2.99. The number of aromatic nitrogens is 3. The SMILES string of the molecule is CCn1nccc1C(=O)N1CCC[C@H]1c1cc(C(C)C)on1. The summed E-state index contributed by atoms with van der Waals surface area (Å²) in [6.07, 6.45) is 3.59. The molecule has 1 fully saturated rings. The molecule has 0 saturated carbocycles. The number of rotatable bonds is 4. The number of carbonyl (C=O) groups is 1. The Balaban J connectivity index is 1.85. The van der Waals surface area contributed by atoms with Crippen LogP contribution in [0.3, 0.4) is 0 Å². The van der Waals surface area contributed by atoms with Gasteiger partial charge in [0.25, 0.3) is 5.91 Å². The van der Waals surface area contributed by atoms with E-state index < -0.39 is 0 Å². The molecule has 1 aliphatic heterocycles. The lowest BCUT2D eigenvalue weighted by Gasteiger charge is -2.23. The van der Waals surface area contributed by atoms with E-state index in [1.807, 2.05) is 17.9 Å². The highest BCUT2D eigenvalue weighted by Gasteiger charge is 2.34. The average Bonchev–Trinajstić information content (AvgIpc) is 3.23. The van der Waals surface area contributed by atoms with Crippen molar-refractivity contribution in [2.75, 3.05) is 6.54 Å². The second-order valence-corrected chi connectivity index (χ2v) is 6.00. The Hall–Kier alpha value is -2.11. The van der Waals surface area contributed by atoms with Gasteiger partial charge >= 0.3 is 0 Å². The van der Waals surface area contributed by atoms with E-state index in [0.29, 0.717) is 18.2 Å². The fourth-order valence-electron chi connectivity index (χ4n) is 2.96. The summed E-state index contributed by atoms with van der Waals surface area (Å²) < 4.78 is 7.13. The van der Waals surface area contributed by atoms with E-state index >= 15 is 0 Å². The first-order chi connectivity index (χ1) is 10.6. The molecule has 3 heterocycles. The first-order valence-corrected chi connectivity index (χ1v) is 7.91. The molecule has 0 unspecified atom stereocenters. The fourth-order valence-corrected chi connectivity index (χ4v) is 2.96. The van der Waals surface area contributed by atoms with Crippen molar-refractivity contribution in [3.63, 3.8) is 0 Å². The molecule has 1 atom stereocenters. The van der Waals surface area contributed by atoms with Crippen LogP contribution in [0.1, 0.15) is 67.5 Å². The van der Waals surface area contributed by atoms with Crippen molar-refractivity contribution in [2.45, 2.75) is 52.1 Å². The summed E-state index contributed by atoms with van der Waals surface area (Å²) in [6.45, 7) is 7.57. The topological polar surface area (TPSA) is 64.2 Å². The molecule has 118 valence electrons. The van der Waals surface area contributed by atoms with E-state index in [0.717, 1.165) is 30.8 Å². The summed E-state index contributed by atoms with van der Waals surface area (Å²) in [7, 11) is 0. The first kappa shape index (κ1) is 14.8. The highest BCUT2D eigenvalue weighted by atomic mass is 16.5. The molecule has 1 aliphatic rings. The molecule has 0 bridgehead atoms. The molecule has 0 N–H and O–H groups in total.